The summed E-state index contributed by atoms with van der Waals surface area (Å²) in [6.45, 7) is 4.89. The van der Waals surface area contributed by atoms with Gasteiger partial charge in [-0.2, -0.15) is 18.3 Å². The summed E-state index contributed by atoms with van der Waals surface area (Å²) in [4.78, 5) is 27.7. The smallest absolute Gasteiger partial charge is 0.408 e. The minimum absolute atomic E-state index is 0.00910. The van der Waals surface area contributed by atoms with E-state index in [9.17, 15) is 31.5 Å². The number of hydrogen-bond acceptors (Lipinski definition) is 6. The maximum atomic E-state index is 13.3. The lowest BCUT2D eigenvalue weighted by Crippen LogP contribution is -2.44. The molecule has 1 heterocycles. The van der Waals surface area contributed by atoms with Gasteiger partial charge < -0.3 is 20.1 Å². The Kier molecular flexibility index (Phi) is 8.87. The van der Waals surface area contributed by atoms with Crippen LogP contribution in [0.1, 0.15) is 51.6 Å². The minimum atomic E-state index is -4.70. The number of benzene rings is 1. The summed E-state index contributed by atoms with van der Waals surface area (Å²) < 4.78 is 75.5. The van der Waals surface area contributed by atoms with Crippen LogP contribution in [0, 0.1) is 0 Å². The van der Waals surface area contributed by atoms with Gasteiger partial charge >= 0.3 is 18.4 Å². The molecule has 2 rings (SSSR count). The van der Waals surface area contributed by atoms with Crippen LogP contribution in [0.5, 0.6) is 0 Å². The molecule has 2 atom stereocenters. The van der Waals surface area contributed by atoms with Gasteiger partial charge in [0.25, 0.3) is 6.43 Å². The van der Waals surface area contributed by atoms with Crippen molar-refractivity contribution >= 4 is 23.8 Å². The Bertz CT molecular complexity index is 1040. The molecule has 1 unspecified atom stereocenters. The lowest BCUT2D eigenvalue weighted by Gasteiger charge is -2.24. The van der Waals surface area contributed by atoms with Crippen LogP contribution < -0.4 is 10.6 Å². The second-order valence-corrected chi connectivity index (χ2v) is 8.65. The highest BCUT2D eigenvalue weighted by molar-refractivity contribution is 6.32. The molecule has 0 saturated heterocycles. The van der Waals surface area contributed by atoms with Crippen molar-refractivity contribution in [2.45, 2.75) is 58.0 Å². The molecule has 2 amide bonds. The number of nitrogens with zero attached hydrogens (tertiary/aromatic N) is 3. The van der Waals surface area contributed by atoms with Gasteiger partial charge in [0.2, 0.25) is 0 Å². The molecule has 2 aromatic rings. The molecule has 0 saturated carbocycles. The van der Waals surface area contributed by atoms with Gasteiger partial charge in [0, 0.05) is 0 Å². The van der Waals surface area contributed by atoms with Crippen LogP contribution >= 0.6 is 11.6 Å². The number of alkyl halides is 5. The number of halogens is 6. The molecular formula is C20H23ClF5N5O4. The molecule has 9 nitrogen and oxygen atoms in total. The first kappa shape index (κ1) is 28.1. The van der Waals surface area contributed by atoms with Crippen molar-refractivity contribution in [3.8, 4) is 5.69 Å². The lowest BCUT2D eigenvalue weighted by molar-refractivity contribution is -0.150. The SMILES string of the molecule is C[C@H](NC(=O)OCC(NC(=O)OC(C)(C)C)c1ccc(Cl)c(-n2ncnc2C(F)F)c1)C(F)(F)F. The van der Waals surface area contributed by atoms with Crippen molar-refractivity contribution in [3.05, 3.63) is 40.9 Å². The first-order valence-electron chi connectivity index (χ1n) is 10.1. The Balaban J connectivity index is 2.33. The number of carbonyl (C=O) groups is 2. The second-order valence-electron chi connectivity index (χ2n) is 8.25. The molecule has 194 valence electrons. The van der Waals surface area contributed by atoms with E-state index in [0.29, 0.717) is 0 Å². The maximum Gasteiger partial charge on any atom is 0.408 e. The molecular weight excluding hydrogens is 505 g/mol. The molecule has 35 heavy (non-hydrogen) atoms. The van der Waals surface area contributed by atoms with Crippen LogP contribution in [0.2, 0.25) is 5.02 Å². The van der Waals surface area contributed by atoms with Crippen LogP contribution in [-0.2, 0) is 9.47 Å². The zero-order chi connectivity index (χ0) is 26.6. The van der Waals surface area contributed by atoms with Gasteiger partial charge in [0.15, 0.2) is 5.82 Å². The molecule has 1 aromatic heterocycles. The third-order valence-electron chi connectivity index (χ3n) is 4.27. The molecule has 0 aliphatic carbocycles. The van der Waals surface area contributed by atoms with Crippen LogP contribution in [0.3, 0.4) is 0 Å². The highest BCUT2D eigenvalue weighted by Crippen LogP contribution is 2.28. The number of ether oxygens (including phenoxy) is 2. The summed E-state index contributed by atoms with van der Waals surface area (Å²) in [5.41, 5.74) is -0.724. The van der Waals surface area contributed by atoms with E-state index in [4.69, 9.17) is 21.1 Å². The van der Waals surface area contributed by atoms with E-state index in [1.165, 1.54) is 18.2 Å². The summed E-state index contributed by atoms with van der Waals surface area (Å²) in [6, 6.07) is 0.649. The van der Waals surface area contributed by atoms with Crippen molar-refractivity contribution in [1.29, 1.82) is 0 Å². The van der Waals surface area contributed by atoms with E-state index in [-0.39, 0.29) is 16.3 Å². The number of carbonyl (C=O) groups excluding carboxylic acids is 2. The Morgan fingerprint density at radius 3 is 2.37 bits per heavy atom. The maximum absolute atomic E-state index is 13.3. The number of nitrogens with one attached hydrogen (secondary N) is 2. The van der Waals surface area contributed by atoms with Crippen molar-refractivity contribution in [1.82, 2.24) is 25.4 Å². The van der Waals surface area contributed by atoms with Crippen LogP contribution in [0.25, 0.3) is 5.69 Å². The van der Waals surface area contributed by atoms with E-state index in [1.54, 1.807) is 26.1 Å². The van der Waals surface area contributed by atoms with E-state index in [2.05, 4.69) is 15.4 Å². The molecule has 2 N–H and O–H groups in total. The first-order chi connectivity index (χ1) is 16.1. The van der Waals surface area contributed by atoms with E-state index in [1.807, 2.05) is 0 Å². The molecule has 0 radical (unpaired) electrons. The fourth-order valence-corrected chi connectivity index (χ4v) is 2.82. The molecule has 0 bridgehead atoms. The second kappa shape index (κ2) is 11.1. The molecule has 0 aliphatic rings. The normalized spacial score (nSPS) is 13.8. The van der Waals surface area contributed by atoms with Gasteiger partial charge in [-0.1, -0.05) is 17.7 Å². The number of alkyl carbamates (subject to hydrolysis) is 2. The molecule has 0 spiro atoms. The van der Waals surface area contributed by atoms with Crippen molar-refractivity contribution in [3.63, 3.8) is 0 Å². The van der Waals surface area contributed by atoms with Crippen molar-refractivity contribution < 1.29 is 41.0 Å². The topological polar surface area (TPSA) is 107 Å². The van der Waals surface area contributed by atoms with Crippen LogP contribution in [0.4, 0.5) is 31.5 Å². The van der Waals surface area contributed by atoms with E-state index >= 15 is 0 Å². The highest BCUT2D eigenvalue weighted by Gasteiger charge is 2.37. The summed E-state index contributed by atoms with van der Waals surface area (Å²) in [6.07, 6.45) is -9.10. The predicted molar refractivity (Wildman–Crippen MR) is 113 cm³/mol. The van der Waals surface area contributed by atoms with Crippen molar-refractivity contribution in [2.75, 3.05) is 6.61 Å². The van der Waals surface area contributed by atoms with Gasteiger partial charge in [0.05, 0.1) is 16.8 Å². The van der Waals surface area contributed by atoms with Gasteiger partial charge in [-0.05, 0) is 45.4 Å². The standard InChI is InChI=1S/C20H23ClF5N5O4/c1-10(20(24,25)26)29-17(32)34-8-13(30-18(33)35-19(2,3)4)11-5-6-12(21)14(7-11)31-16(15(22)23)27-9-28-31/h5-7,9-10,13,15H,8H2,1-4H3,(H,29,32)(H,30,33)/t10-,13?/m0/s1. The fraction of sp³-hybridized carbons (Fsp3) is 0.500. The van der Waals surface area contributed by atoms with Gasteiger partial charge in [0.1, 0.15) is 24.6 Å². The molecule has 0 fully saturated rings. The third kappa shape index (κ3) is 8.23. The summed E-state index contributed by atoms with van der Waals surface area (Å²) in [7, 11) is 0. The van der Waals surface area contributed by atoms with Gasteiger partial charge in [-0.3, -0.25) is 0 Å². The fourth-order valence-electron chi connectivity index (χ4n) is 2.62. The van der Waals surface area contributed by atoms with Gasteiger partial charge in [-0.25, -0.2) is 28.0 Å². The Labute approximate surface area is 201 Å². The summed E-state index contributed by atoms with van der Waals surface area (Å²) in [5.74, 6) is -0.697. The number of amides is 2. The monoisotopic (exact) mass is 527 g/mol. The van der Waals surface area contributed by atoms with Crippen LogP contribution in [-0.4, -0.2) is 51.4 Å². The lowest BCUT2D eigenvalue weighted by atomic mass is 10.1. The minimum Gasteiger partial charge on any atom is -0.447 e. The predicted octanol–water partition coefficient (Wildman–Crippen LogP) is 5.10. The van der Waals surface area contributed by atoms with Crippen molar-refractivity contribution in [2.24, 2.45) is 0 Å². The average Bonchev–Trinajstić information content (AvgIpc) is 3.19. The van der Waals surface area contributed by atoms with Gasteiger partial charge in [-0.15, -0.1) is 0 Å². The Morgan fingerprint density at radius 2 is 1.80 bits per heavy atom. The third-order valence-corrected chi connectivity index (χ3v) is 4.59. The average molecular weight is 528 g/mol. The number of rotatable bonds is 7. The molecule has 1 aromatic carbocycles. The highest BCUT2D eigenvalue weighted by atomic mass is 35.5. The summed E-state index contributed by atoms with van der Waals surface area (Å²) >= 11 is 6.14. The Morgan fingerprint density at radius 1 is 1.14 bits per heavy atom. The van der Waals surface area contributed by atoms with E-state index in [0.717, 1.165) is 17.9 Å². The number of aromatic nitrogens is 3. The zero-order valence-corrected chi connectivity index (χ0v) is 19.7. The molecule has 15 heteroatoms. The summed E-state index contributed by atoms with van der Waals surface area (Å²) in [5, 5.41) is 7.80. The quantitative estimate of drug-likeness (QED) is 0.485. The Hall–Kier alpha value is -3.16. The molecule has 0 aliphatic heterocycles. The first-order valence-corrected chi connectivity index (χ1v) is 10.4. The zero-order valence-electron chi connectivity index (χ0n) is 19.0. The van der Waals surface area contributed by atoms with E-state index < -0.39 is 54.9 Å². The van der Waals surface area contributed by atoms with Crippen LogP contribution in [0.15, 0.2) is 24.5 Å². The largest absolute Gasteiger partial charge is 0.447 e. The number of hydrogen-bond donors (Lipinski definition) is 2.